The lowest BCUT2D eigenvalue weighted by Gasteiger charge is -2.38. The van der Waals surface area contributed by atoms with E-state index in [0.29, 0.717) is 5.69 Å². The highest BCUT2D eigenvalue weighted by molar-refractivity contribution is 5.94. The second-order valence-corrected chi connectivity index (χ2v) is 7.58. The molecular formula is C21H28FN5O. The maximum absolute atomic E-state index is 13.0. The number of carbonyl (C=O) groups excluding carboxylic acids is 1. The first kappa shape index (κ1) is 20.2. The topological polar surface area (TPSA) is 61.4 Å². The maximum Gasteiger partial charge on any atom is 0.241 e. The van der Waals surface area contributed by atoms with E-state index in [2.05, 4.69) is 33.9 Å². The summed E-state index contributed by atoms with van der Waals surface area (Å²) < 4.78 is 13.0. The number of nitrogens with one attached hydrogen (secondary N) is 1. The van der Waals surface area contributed by atoms with Gasteiger partial charge < -0.3 is 10.2 Å². The molecule has 150 valence electrons. The van der Waals surface area contributed by atoms with Gasteiger partial charge in [0.2, 0.25) is 5.91 Å². The highest BCUT2D eigenvalue weighted by Gasteiger charge is 2.26. The number of nitrogens with zero attached hydrogens (tertiary/aromatic N) is 4. The van der Waals surface area contributed by atoms with Crippen molar-refractivity contribution in [1.29, 1.82) is 0 Å². The van der Waals surface area contributed by atoms with Crippen molar-refractivity contribution < 1.29 is 9.18 Å². The van der Waals surface area contributed by atoms with Crippen molar-refractivity contribution >= 4 is 17.4 Å². The van der Waals surface area contributed by atoms with Gasteiger partial charge in [-0.25, -0.2) is 14.4 Å². The van der Waals surface area contributed by atoms with Crippen LogP contribution in [0.5, 0.6) is 0 Å². The SMILES string of the molecule is Cc1cc(N2CCN([C@H](C)C(=O)Nc3ccc(F)cc3)CC2)nc(C(C)C)n1. The minimum atomic E-state index is -0.317. The quantitative estimate of drug-likeness (QED) is 0.856. The number of rotatable bonds is 5. The third-order valence-electron chi connectivity index (χ3n) is 5.05. The molecule has 1 fully saturated rings. The van der Waals surface area contributed by atoms with Crippen LogP contribution in [0.1, 0.15) is 38.2 Å². The molecule has 7 heteroatoms. The molecule has 1 atom stereocenters. The Morgan fingerprint density at radius 2 is 1.71 bits per heavy atom. The molecule has 1 N–H and O–H groups in total. The van der Waals surface area contributed by atoms with Crippen molar-refractivity contribution in [3.8, 4) is 0 Å². The Bertz CT molecular complexity index is 816. The van der Waals surface area contributed by atoms with Gasteiger partial charge in [0.15, 0.2) is 0 Å². The number of piperazine rings is 1. The van der Waals surface area contributed by atoms with Gasteiger partial charge in [0, 0.05) is 49.5 Å². The molecular weight excluding hydrogens is 357 g/mol. The van der Waals surface area contributed by atoms with E-state index in [-0.39, 0.29) is 23.7 Å². The molecule has 3 rings (SSSR count). The first-order chi connectivity index (χ1) is 13.3. The molecule has 0 radical (unpaired) electrons. The summed E-state index contributed by atoms with van der Waals surface area (Å²) >= 11 is 0. The Labute approximate surface area is 165 Å². The van der Waals surface area contributed by atoms with Gasteiger partial charge in [0.05, 0.1) is 6.04 Å². The molecule has 1 saturated heterocycles. The number of halogens is 1. The van der Waals surface area contributed by atoms with Crippen LogP contribution in [0.25, 0.3) is 0 Å². The zero-order chi connectivity index (χ0) is 20.3. The average molecular weight is 385 g/mol. The fourth-order valence-corrected chi connectivity index (χ4v) is 3.28. The zero-order valence-corrected chi connectivity index (χ0v) is 16.9. The Balaban J connectivity index is 1.58. The van der Waals surface area contributed by atoms with Gasteiger partial charge >= 0.3 is 0 Å². The molecule has 28 heavy (non-hydrogen) atoms. The number of hydrogen-bond acceptors (Lipinski definition) is 5. The Hall–Kier alpha value is -2.54. The standard InChI is InChI=1S/C21H28FN5O/c1-14(2)20-23-15(3)13-19(25-20)27-11-9-26(10-12-27)16(4)21(28)24-18-7-5-17(22)6-8-18/h5-8,13-14,16H,9-12H2,1-4H3,(H,24,28)/t16-/m1/s1. The number of amides is 1. The summed E-state index contributed by atoms with van der Waals surface area (Å²) in [5, 5.41) is 2.85. The number of benzene rings is 1. The van der Waals surface area contributed by atoms with Crippen molar-refractivity contribution in [2.75, 3.05) is 36.4 Å². The molecule has 0 unspecified atom stereocenters. The number of anilines is 2. The van der Waals surface area contributed by atoms with Gasteiger partial charge in [0.1, 0.15) is 17.5 Å². The van der Waals surface area contributed by atoms with Crippen molar-refractivity contribution in [2.24, 2.45) is 0 Å². The molecule has 0 bridgehead atoms. The van der Waals surface area contributed by atoms with E-state index in [1.807, 2.05) is 19.9 Å². The van der Waals surface area contributed by atoms with Crippen molar-refractivity contribution in [2.45, 2.75) is 39.7 Å². The van der Waals surface area contributed by atoms with E-state index in [0.717, 1.165) is 43.5 Å². The van der Waals surface area contributed by atoms with Crippen molar-refractivity contribution in [3.05, 3.63) is 47.7 Å². The minimum absolute atomic E-state index is 0.0833. The zero-order valence-electron chi connectivity index (χ0n) is 16.9. The van der Waals surface area contributed by atoms with Gasteiger partial charge in [-0.15, -0.1) is 0 Å². The van der Waals surface area contributed by atoms with Gasteiger partial charge in [-0.3, -0.25) is 9.69 Å². The molecule has 0 spiro atoms. The largest absolute Gasteiger partial charge is 0.354 e. The molecule has 6 nitrogen and oxygen atoms in total. The lowest BCUT2D eigenvalue weighted by molar-refractivity contribution is -0.120. The van der Waals surface area contributed by atoms with Crippen molar-refractivity contribution in [3.63, 3.8) is 0 Å². The third kappa shape index (κ3) is 4.84. The summed E-state index contributed by atoms with van der Waals surface area (Å²) in [4.78, 5) is 26.2. The van der Waals surface area contributed by atoms with Crippen LogP contribution in [-0.4, -0.2) is 53.0 Å². The van der Waals surface area contributed by atoms with E-state index in [1.165, 1.54) is 12.1 Å². The molecule has 1 aliphatic heterocycles. The number of hydrogen-bond donors (Lipinski definition) is 1. The lowest BCUT2D eigenvalue weighted by Crippen LogP contribution is -2.53. The summed E-state index contributed by atoms with van der Waals surface area (Å²) in [6.45, 7) is 11.3. The second kappa shape index (κ2) is 8.65. The summed E-state index contributed by atoms with van der Waals surface area (Å²) in [6.07, 6.45) is 0. The van der Waals surface area contributed by atoms with Crippen molar-refractivity contribution in [1.82, 2.24) is 14.9 Å². The first-order valence-electron chi connectivity index (χ1n) is 9.74. The first-order valence-corrected chi connectivity index (χ1v) is 9.74. The fraction of sp³-hybridized carbons (Fsp3) is 0.476. The van der Waals surface area contributed by atoms with Crippen LogP contribution in [-0.2, 0) is 4.79 Å². The lowest BCUT2D eigenvalue weighted by atomic mass is 10.2. The normalized spacial score (nSPS) is 16.3. The number of aryl methyl sites for hydroxylation is 1. The predicted molar refractivity (Wildman–Crippen MR) is 109 cm³/mol. The average Bonchev–Trinajstić information content (AvgIpc) is 2.68. The van der Waals surface area contributed by atoms with Gasteiger partial charge in [-0.1, -0.05) is 13.8 Å². The van der Waals surface area contributed by atoms with Crippen LogP contribution < -0.4 is 10.2 Å². The highest BCUT2D eigenvalue weighted by atomic mass is 19.1. The Kier molecular flexibility index (Phi) is 6.24. The molecule has 2 aromatic rings. The summed E-state index contributed by atoms with van der Waals surface area (Å²) in [7, 11) is 0. The smallest absolute Gasteiger partial charge is 0.241 e. The molecule has 2 heterocycles. The summed E-state index contributed by atoms with van der Waals surface area (Å²) in [6, 6.07) is 7.59. The van der Waals surface area contributed by atoms with Crippen LogP contribution in [0.2, 0.25) is 0 Å². The highest BCUT2D eigenvalue weighted by Crippen LogP contribution is 2.19. The molecule has 1 aromatic carbocycles. The Morgan fingerprint density at radius 3 is 2.32 bits per heavy atom. The molecule has 0 aliphatic carbocycles. The molecule has 0 saturated carbocycles. The summed E-state index contributed by atoms with van der Waals surface area (Å²) in [5.41, 5.74) is 1.58. The van der Waals surface area contributed by atoms with E-state index in [1.54, 1.807) is 12.1 Å². The third-order valence-corrected chi connectivity index (χ3v) is 5.05. The Morgan fingerprint density at radius 1 is 1.07 bits per heavy atom. The minimum Gasteiger partial charge on any atom is -0.354 e. The predicted octanol–water partition coefficient (Wildman–Crippen LogP) is 3.20. The summed E-state index contributed by atoms with van der Waals surface area (Å²) in [5.74, 6) is 1.71. The van der Waals surface area contributed by atoms with Gasteiger partial charge in [-0.05, 0) is 38.1 Å². The van der Waals surface area contributed by atoms with Gasteiger partial charge in [-0.2, -0.15) is 0 Å². The molecule has 1 aromatic heterocycles. The number of carbonyl (C=O) groups is 1. The number of aromatic nitrogens is 2. The molecule has 1 amide bonds. The van der Waals surface area contributed by atoms with Crippen LogP contribution in [0.4, 0.5) is 15.9 Å². The maximum atomic E-state index is 13.0. The van der Waals surface area contributed by atoms with Crippen LogP contribution in [0.3, 0.4) is 0 Å². The van der Waals surface area contributed by atoms with Crippen LogP contribution in [0.15, 0.2) is 30.3 Å². The monoisotopic (exact) mass is 385 g/mol. The van der Waals surface area contributed by atoms with E-state index in [4.69, 9.17) is 4.98 Å². The fourth-order valence-electron chi connectivity index (χ4n) is 3.28. The van der Waals surface area contributed by atoms with Crippen LogP contribution >= 0.6 is 0 Å². The molecule has 1 aliphatic rings. The van der Waals surface area contributed by atoms with E-state index >= 15 is 0 Å². The van der Waals surface area contributed by atoms with Gasteiger partial charge in [0.25, 0.3) is 0 Å². The van der Waals surface area contributed by atoms with Crippen LogP contribution in [0, 0.1) is 12.7 Å². The van der Waals surface area contributed by atoms with E-state index < -0.39 is 0 Å². The van der Waals surface area contributed by atoms with E-state index in [9.17, 15) is 9.18 Å². The second-order valence-electron chi connectivity index (χ2n) is 7.58.